The molecule has 288 valence electrons. The smallest absolute Gasteiger partial charge is 0.410 e. The Bertz CT molecular complexity index is 1050. The summed E-state index contributed by atoms with van der Waals surface area (Å²) < 4.78 is 22.5. The number of nitrogens with two attached hydrogens (primary N) is 1. The van der Waals surface area contributed by atoms with Crippen molar-refractivity contribution >= 4 is 32.5 Å². The predicted molar refractivity (Wildman–Crippen MR) is 194 cm³/mol. The molecular weight excluding hydrogens is 650 g/mol. The molecule has 0 saturated heterocycles. The van der Waals surface area contributed by atoms with E-state index in [9.17, 15) is 24.3 Å². The van der Waals surface area contributed by atoms with Gasteiger partial charge in [-0.05, 0) is 106 Å². The molecule has 0 aliphatic heterocycles. The number of unbranched alkanes of at least 4 members (excludes halogenated alkanes) is 1. The van der Waals surface area contributed by atoms with E-state index in [1.165, 1.54) is 4.90 Å². The van der Waals surface area contributed by atoms with E-state index >= 15 is 0 Å². The Morgan fingerprint density at radius 3 is 1.78 bits per heavy atom. The number of nitrogens with one attached hydrogen (secondary N) is 3. The Morgan fingerprint density at radius 1 is 0.776 bits per heavy atom. The number of hydrogen-bond acceptors (Lipinski definition) is 10. The summed E-state index contributed by atoms with van der Waals surface area (Å²) in [6, 6.07) is -1.29. The Balaban J connectivity index is 5.59. The fraction of sp³-hybridized carbons (Fsp3) is 0.882. The molecule has 4 amide bonds. The molecule has 0 bridgehead atoms. The van der Waals surface area contributed by atoms with Crippen molar-refractivity contribution in [3.63, 3.8) is 0 Å². The zero-order valence-electron chi connectivity index (χ0n) is 32.8. The van der Waals surface area contributed by atoms with Crippen molar-refractivity contribution in [2.45, 2.75) is 162 Å². The topological polar surface area (TPSA) is 191 Å². The van der Waals surface area contributed by atoms with Crippen LogP contribution in [-0.2, 0) is 23.4 Å². The summed E-state index contributed by atoms with van der Waals surface area (Å²) in [5, 5.41) is 18.9. The van der Waals surface area contributed by atoms with Crippen molar-refractivity contribution in [1.82, 2.24) is 20.9 Å². The first kappa shape index (κ1) is 46.4. The lowest BCUT2D eigenvalue weighted by Crippen LogP contribution is -2.51. The molecule has 0 unspecified atom stereocenters. The number of hydrogen-bond donors (Lipinski definition) is 5. The lowest BCUT2D eigenvalue weighted by atomic mass is 10.1. The van der Waals surface area contributed by atoms with Crippen LogP contribution in [0, 0.1) is 0 Å². The standard InChI is InChI=1S/C34H69N5O9Si/c1-31(2,3)46-28(42)36-19-16-15-17-26(35)27(41)38-24(23-45-49(13,14)34(10,11)12)18-20-39(30(44)48-33(7,8)9)22-25(40)21-37-29(43)47-32(4,5)6/h24-26,40H,15-23,35H2,1-14H3,(H,36,42)(H,37,43)(H,38,41)/t24-,25+,26-/m0/s1. The summed E-state index contributed by atoms with van der Waals surface area (Å²) in [4.78, 5) is 51.8. The van der Waals surface area contributed by atoms with Gasteiger partial charge in [-0.2, -0.15) is 0 Å². The van der Waals surface area contributed by atoms with Gasteiger partial charge in [-0.3, -0.25) is 4.79 Å². The number of alkyl carbamates (subject to hydrolysis) is 2. The van der Waals surface area contributed by atoms with E-state index in [1.54, 1.807) is 62.3 Å². The third kappa shape index (κ3) is 22.7. The minimum absolute atomic E-state index is 0.0703. The average molecular weight is 720 g/mol. The Hall–Kier alpha value is -2.62. The van der Waals surface area contributed by atoms with E-state index in [0.29, 0.717) is 32.2 Å². The molecule has 0 spiro atoms. The molecule has 0 aromatic heterocycles. The van der Waals surface area contributed by atoms with Crippen LogP contribution in [-0.4, -0.2) is 110 Å². The summed E-state index contributed by atoms with van der Waals surface area (Å²) in [6.07, 6.45) is -1.02. The van der Waals surface area contributed by atoms with E-state index in [4.69, 9.17) is 24.4 Å². The van der Waals surface area contributed by atoms with Gasteiger partial charge in [0, 0.05) is 19.6 Å². The summed E-state index contributed by atoms with van der Waals surface area (Å²) in [5.74, 6) is -0.352. The molecular formula is C34H69N5O9Si. The molecule has 0 radical (unpaired) electrons. The Morgan fingerprint density at radius 2 is 1.29 bits per heavy atom. The molecule has 3 atom stereocenters. The first-order valence-electron chi connectivity index (χ1n) is 17.3. The number of aliphatic hydroxyl groups excluding tert-OH is 1. The maximum Gasteiger partial charge on any atom is 0.410 e. The fourth-order valence-electron chi connectivity index (χ4n) is 3.89. The van der Waals surface area contributed by atoms with Crippen LogP contribution in [0.5, 0.6) is 0 Å². The first-order valence-corrected chi connectivity index (χ1v) is 20.2. The van der Waals surface area contributed by atoms with Gasteiger partial charge in [0.2, 0.25) is 5.91 Å². The highest BCUT2D eigenvalue weighted by atomic mass is 28.4. The highest BCUT2D eigenvalue weighted by Crippen LogP contribution is 2.36. The Kier molecular flexibility index (Phi) is 18.6. The zero-order valence-corrected chi connectivity index (χ0v) is 33.8. The minimum Gasteiger partial charge on any atom is -0.444 e. The van der Waals surface area contributed by atoms with E-state index in [1.807, 2.05) is 0 Å². The van der Waals surface area contributed by atoms with E-state index in [0.717, 1.165) is 0 Å². The number of aliphatic hydroxyl groups is 1. The van der Waals surface area contributed by atoms with Gasteiger partial charge in [0.1, 0.15) is 16.8 Å². The van der Waals surface area contributed by atoms with E-state index in [-0.39, 0.29) is 37.2 Å². The lowest BCUT2D eigenvalue weighted by Gasteiger charge is -2.38. The normalized spacial score (nSPS) is 14.6. The van der Waals surface area contributed by atoms with Crippen LogP contribution in [0.1, 0.15) is 109 Å². The number of nitrogens with zero attached hydrogens (tertiary/aromatic N) is 1. The number of carbonyl (C=O) groups excluding carboxylic acids is 4. The van der Waals surface area contributed by atoms with Crippen LogP contribution in [0.15, 0.2) is 0 Å². The van der Waals surface area contributed by atoms with Gasteiger partial charge >= 0.3 is 18.3 Å². The predicted octanol–water partition coefficient (Wildman–Crippen LogP) is 5.03. The van der Waals surface area contributed by atoms with Crippen molar-refractivity contribution in [1.29, 1.82) is 0 Å². The maximum absolute atomic E-state index is 13.2. The zero-order chi connectivity index (χ0) is 38.4. The second kappa shape index (κ2) is 19.7. The molecule has 0 aromatic rings. The second-order valence-electron chi connectivity index (χ2n) is 17.1. The molecule has 15 heteroatoms. The molecule has 49 heavy (non-hydrogen) atoms. The quantitative estimate of drug-likeness (QED) is 0.0775. The highest BCUT2D eigenvalue weighted by molar-refractivity contribution is 6.74. The highest BCUT2D eigenvalue weighted by Gasteiger charge is 2.38. The number of amides is 4. The summed E-state index contributed by atoms with van der Waals surface area (Å²) in [7, 11) is -2.20. The second-order valence-corrected chi connectivity index (χ2v) is 21.9. The van der Waals surface area contributed by atoms with Gasteiger partial charge < -0.3 is 50.3 Å². The molecule has 0 aliphatic carbocycles. The number of rotatable bonds is 17. The number of ether oxygens (including phenoxy) is 3. The lowest BCUT2D eigenvalue weighted by molar-refractivity contribution is -0.123. The summed E-state index contributed by atoms with van der Waals surface area (Å²) >= 11 is 0. The van der Waals surface area contributed by atoms with Crippen LogP contribution in [0.3, 0.4) is 0 Å². The average Bonchev–Trinajstić information content (AvgIpc) is 2.88. The molecule has 6 N–H and O–H groups in total. The molecule has 0 rings (SSSR count). The Labute approximate surface area is 296 Å². The monoisotopic (exact) mass is 719 g/mol. The summed E-state index contributed by atoms with van der Waals surface area (Å²) in [6.45, 7) is 26.8. The maximum atomic E-state index is 13.2. The van der Waals surface area contributed by atoms with Gasteiger partial charge in [-0.1, -0.05) is 20.8 Å². The largest absolute Gasteiger partial charge is 0.444 e. The molecule has 14 nitrogen and oxygen atoms in total. The molecule has 0 heterocycles. The first-order chi connectivity index (χ1) is 22.0. The van der Waals surface area contributed by atoms with Crippen LogP contribution in [0.2, 0.25) is 18.1 Å². The van der Waals surface area contributed by atoms with Crippen LogP contribution in [0.4, 0.5) is 14.4 Å². The minimum atomic E-state index is -2.20. The third-order valence-electron chi connectivity index (χ3n) is 7.46. The van der Waals surface area contributed by atoms with Crippen molar-refractivity contribution < 1.29 is 42.9 Å². The molecule has 0 aromatic carbocycles. The van der Waals surface area contributed by atoms with Gasteiger partial charge in [-0.25, -0.2) is 14.4 Å². The SMILES string of the molecule is CC(C)(C)OC(=O)NCCCC[C@H](N)C(=O)N[C@@H](CCN(C[C@H](O)CNC(=O)OC(C)(C)C)C(=O)OC(C)(C)C)CO[Si](C)(C)C(C)(C)C. The van der Waals surface area contributed by atoms with Crippen LogP contribution in [0.25, 0.3) is 0 Å². The van der Waals surface area contributed by atoms with Crippen LogP contribution < -0.4 is 21.7 Å². The molecule has 0 aliphatic rings. The van der Waals surface area contributed by atoms with Crippen LogP contribution >= 0.6 is 0 Å². The van der Waals surface area contributed by atoms with Crippen molar-refractivity contribution in [3.05, 3.63) is 0 Å². The molecule has 0 fully saturated rings. The van der Waals surface area contributed by atoms with E-state index < -0.39 is 61.6 Å². The third-order valence-corrected chi connectivity index (χ3v) is 12.0. The summed E-state index contributed by atoms with van der Waals surface area (Å²) in [5.41, 5.74) is 4.18. The van der Waals surface area contributed by atoms with Gasteiger partial charge in [-0.15, -0.1) is 0 Å². The van der Waals surface area contributed by atoms with Crippen molar-refractivity contribution in [2.75, 3.05) is 32.8 Å². The van der Waals surface area contributed by atoms with E-state index in [2.05, 4.69) is 49.8 Å². The van der Waals surface area contributed by atoms with Gasteiger partial charge in [0.15, 0.2) is 8.32 Å². The van der Waals surface area contributed by atoms with Crippen molar-refractivity contribution in [2.24, 2.45) is 5.73 Å². The van der Waals surface area contributed by atoms with Gasteiger partial charge in [0.25, 0.3) is 0 Å². The number of carbonyl (C=O) groups is 4. The van der Waals surface area contributed by atoms with Gasteiger partial charge in [0.05, 0.1) is 31.3 Å². The van der Waals surface area contributed by atoms with Crippen molar-refractivity contribution in [3.8, 4) is 0 Å². The molecule has 0 saturated carbocycles. The fourth-order valence-corrected chi connectivity index (χ4v) is 4.94.